The van der Waals surface area contributed by atoms with Gasteiger partial charge in [0.05, 0.1) is 6.61 Å². The van der Waals surface area contributed by atoms with Gasteiger partial charge in [0.1, 0.15) is 6.54 Å². The topological polar surface area (TPSA) is 25.2 Å². The molecule has 0 unspecified atom stereocenters. The number of hydrogen-bond donors (Lipinski definition) is 1. The number of benzene rings is 1. The van der Waals surface area contributed by atoms with E-state index in [0.29, 0.717) is 16.5 Å². The fraction of sp³-hybridized carbons (Fsp3) is 0.273. The molecule has 1 aromatic heterocycles. The van der Waals surface area contributed by atoms with Gasteiger partial charge in [-0.15, -0.1) is 0 Å². The number of halogens is 3. The van der Waals surface area contributed by atoms with E-state index in [1.54, 1.807) is 24.3 Å². The molecule has 16 heavy (non-hydrogen) atoms. The second kappa shape index (κ2) is 3.83. The van der Waals surface area contributed by atoms with Crippen molar-refractivity contribution in [2.24, 2.45) is 0 Å². The molecule has 1 N–H and O–H groups in total. The maximum atomic E-state index is 12.3. The van der Waals surface area contributed by atoms with Gasteiger partial charge in [-0.2, -0.15) is 13.2 Å². The third-order valence-electron chi connectivity index (χ3n) is 2.42. The molecule has 0 fully saturated rings. The lowest BCUT2D eigenvalue weighted by Gasteiger charge is -2.09. The number of nitrogens with zero attached hydrogens (tertiary/aromatic N) is 1. The van der Waals surface area contributed by atoms with Crippen LogP contribution in [-0.2, 0) is 13.2 Å². The molecule has 2 rings (SSSR count). The Morgan fingerprint density at radius 1 is 1.19 bits per heavy atom. The first kappa shape index (κ1) is 11.0. The van der Waals surface area contributed by atoms with Gasteiger partial charge in [-0.1, -0.05) is 12.1 Å². The van der Waals surface area contributed by atoms with Crippen LogP contribution in [0.2, 0.25) is 0 Å². The van der Waals surface area contributed by atoms with Crippen LogP contribution in [-0.4, -0.2) is 15.8 Å². The Labute approximate surface area is 89.9 Å². The normalized spacial score (nSPS) is 12.2. The van der Waals surface area contributed by atoms with Crippen LogP contribution in [0.1, 0.15) is 5.56 Å². The van der Waals surface area contributed by atoms with E-state index in [2.05, 4.69) is 0 Å². The van der Waals surface area contributed by atoms with Crippen LogP contribution in [0.15, 0.2) is 30.5 Å². The van der Waals surface area contributed by atoms with Crippen molar-refractivity contribution in [3.05, 3.63) is 36.0 Å². The Bertz CT molecular complexity index is 501. The van der Waals surface area contributed by atoms with Crippen molar-refractivity contribution in [1.29, 1.82) is 0 Å². The average molecular weight is 229 g/mol. The molecule has 1 aromatic carbocycles. The number of fused-ring (bicyclic) bond motifs is 1. The molecule has 5 heteroatoms. The monoisotopic (exact) mass is 229 g/mol. The minimum absolute atomic E-state index is 0.173. The van der Waals surface area contributed by atoms with E-state index in [9.17, 15) is 13.2 Å². The molecule has 0 aliphatic rings. The molecule has 0 aliphatic carbocycles. The number of alkyl halides is 3. The molecule has 1 heterocycles. The number of aromatic nitrogens is 1. The Morgan fingerprint density at radius 2 is 1.94 bits per heavy atom. The fourth-order valence-corrected chi connectivity index (χ4v) is 1.76. The first-order valence-electron chi connectivity index (χ1n) is 4.75. The summed E-state index contributed by atoms with van der Waals surface area (Å²) >= 11 is 0. The summed E-state index contributed by atoms with van der Waals surface area (Å²) < 4.78 is 37.9. The van der Waals surface area contributed by atoms with Crippen LogP contribution >= 0.6 is 0 Å². The molecule has 0 aliphatic heterocycles. The Hall–Kier alpha value is -1.49. The lowest BCUT2D eigenvalue weighted by Crippen LogP contribution is -2.16. The molecule has 0 radical (unpaired) electrons. The molecule has 0 bridgehead atoms. The molecule has 0 saturated carbocycles. The zero-order chi connectivity index (χ0) is 11.8. The molecular formula is C11H10F3NO. The third-order valence-corrected chi connectivity index (χ3v) is 2.42. The number of rotatable bonds is 2. The van der Waals surface area contributed by atoms with Gasteiger partial charge in [0, 0.05) is 17.1 Å². The third kappa shape index (κ3) is 2.04. The van der Waals surface area contributed by atoms with E-state index in [1.165, 1.54) is 6.20 Å². The van der Waals surface area contributed by atoms with Crippen molar-refractivity contribution in [3.8, 4) is 0 Å². The smallest absolute Gasteiger partial charge is 0.392 e. The summed E-state index contributed by atoms with van der Waals surface area (Å²) in [6.07, 6.45) is -2.85. The molecule has 0 atom stereocenters. The van der Waals surface area contributed by atoms with Crippen molar-refractivity contribution in [1.82, 2.24) is 4.57 Å². The Kier molecular flexibility index (Phi) is 2.63. The summed E-state index contributed by atoms with van der Waals surface area (Å²) in [6, 6.07) is 6.54. The highest BCUT2D eigenvalue weighted by molar-refractivity contribution is 5.83. The highest BCUT2D eigenvalue weighted by Crippen LogP contribution is 2.24. The molecule has 0 amide bonds. The van der Waals surface area contributed by atoms with Gasteiger partial charge >= 0.3 is 6.18 Å². The largest absolute Gasteiger partial charge is 0.406 e. The van der Waals surface area contributed by atoms with E-state index >= 15 is 0 Å². The van der Waals surface area contributed by atoms with E-state index in [-0.39, 0.29) is 6.61 Å². The van der Waals surface area contributed by atoms with Gasteiger partial charge in [0.2, 0.25) is 0 Å². The second-order valence-electron chi connectivity index (χ2n) is 3.57. The minimum atomic E-state index is -4.23. The molecule has 0 saturated heterocycles. The van der Waals surface area contributed by atoms with Crippen molar-refractivity contribution in [3.63, 3.8) is 0 Å². The zero-order valence-corrected chi connectivity index (χ0v) is 8.33. The van der Waals surface area contributed by atoms with Crippen LogP contribution in [0.25, 0.3) is 10.9 Å². The first-order valence-corrected chi connectivity index (χ1v) is 4.75. The van der Waals surface area contributed by atoms with E-state index in [1.807, 2.05) is 0 Å². The summed E-state index contributed by atoms with van der Waals surface area (Å²) in [5.41, 5.74) is 1.13. The Balaban J connectivity index is 2.49. The van der Waals surface area contributed by atoms with E-state index < -0.39 is 12.7 Å². The second-order valence-corrected chi connectivity index (χ2v) is 3.57. The Morgan fingerprint density at radius 3 is 2.56 bits per heavy atom. The summed E-state index contributed by atoms with van der Waals surface area (Å²) in [5, 5.41) is 9.71. The van der Waals surface area contributed by atoms with Crippen molar-refractivity contribution < 1.29 is 18.3 Å². The maximum Gasteiger partial charge on any atom is 0.406 e. The molecule has 2 nitrogen and oxygen atoms in total. The summed E-state index contributed by atoms with van der Waals surface area (Å²) in [7, 11) is 0. The minimum Gasteiger partial charge on any atom is -0.392 e. The summed E-state index contributed by atoms with van der Waals surface area (Å²) in [4.78, 5) is 0. The van der Waals surface area contributed by atoms with Crippen LogP contribution < -0.4 is 0 Å². The summed E-state index contributed by atoms with van der Waals surface area (Å²) in [6.45, 7) is -1.18. The lowest BCUT2D eigenvalue weighted by atomic mass is 10.1. The number of hydrogen-bond acceptors (Lipinski definition) is 1. The summed E-state index contributed by atoms with van der Waals surface area (Å²) in [5.74, 6) is 0. The highest BCUT2D eigenvalue weighted by Gasteiger charge is 2.28. The van der Waals surface area contributed by atoms with Gasteiger partial charge in [0.15, 0.2) is 0 Å². The standard InChI is InChI=1S/C11H10F3NO/c12-11(13,14)7-15-5-4-9-8(6-16)2-1-3-10(9)15/h1-5,16H,6-7H2. The molecular weight excluding hydrogens is 219 g/mol. The lowest BCUT2D eigenvalue weighted by molar-refractivity contribution is -0.139. The van der Waals surface area contributed by atoms with Crippen LogP contribution in [0, 0.1) is 0 Å². The number of aliphatic hydroxyl groups excluding tert-OH is 1. The van der Waals surface area contributed by atoms with Gasteiger partial charge in [-0.3, -0.25) is 0 Å². The predicted molar refractivity (Wildman–Crippen MR) is 53.9 cm³/mol. The van der Waals surface area contributed by atoms with E-state index in [4.69, 9.17) is 5.11 Å². The molecule has 2 aromatic rings. The quantitative estimate of drug-likeness (QED) is 0.841. The first-order chi connectivity index (χ1) is 7.51. The molecule has 86 valence electrons. The van der Waals surface area contributed by atoms with Crippen molar-refractivity contribution >= 4 is 10.9 Å². The van der Waals surface area contributed by atoms with E-state index in [0.717, 1.165) is 4.57 Å². The average Bonchev–Trinajstić information content (AvgIpc) is 2.59. The van der Waals surface area contributed by atoms with Gasteiger partial charge in [-0.25, -0.2) is 0 Å². The van der Waals surface area contributed by atoms with Gasteiger partial charge < -0.3 is 9.67 Å². The maximum absolute atomic E-state index is 12.3. The highest BCUT2D eigenvalue weighted by atomic mass is 19.4. The fourth-order valence-electron chi connectivity index (χ4n) is 1.76. The van der Waals surface area contributed by atoms with Crippen LogP contribution in [0.5, 0.6) is 0 Å². The SMILES string of the molecule is OCc1cccc2c1ccn2CC(F)(F)F. The van der Waals surface area contributed by atoms with Gasteiger partial charge in [-0.05, 0) is 17.7 Å². The van der Waals surface area contributed by atoms with Crippen LogP contribution in [0.4, 0.5) is 13.2 Å². The van der Waals surface area contributed by atoms with Crippen LogP contribution in [0.3, 0.4) is 0 Å². The van der Waals surface area contributed by atoms with Crippen molar-refractivity contribution in [2.75, 3.05) is 0 Å². The van der Waals surface area contributed by atoms with Gasteiger partial charge in [0.25, 0.3) is 0 Å². The predicted octanol–water partition coefficient (Wildman–Crippen LogP) is 2.70. The zero-order valence-electron chi connectivity index (χ0n) is 8.33. The van der Waals surface area contributed by atoms with Crippen molar-refractivity contribution in [2.45, 2.75) is 19.3 Å². The molecule has 0 spiro atoms. The number of aliphatic hydroxyl groups is 1.